The Balaban J connectivity index is 3.14. The highest BCUT2D eigenvalue weighted by Crippen LogP contribution is 2.11. The fourth-order valence-electron chi connectivity index (χ4n) is 1.03. The standard InChI is InChI=1S/C9H11BO3/c1-3-7-4-8(10(11)12)6-9(5-7)13-2/h3-6,11-12H,1H2,2H3. The zero-order valence-corrected chi connectivity index (χ0v) is 7.40. The highest BCUT2D eigenvalue weighted by atomic mass is 16.5. The van der Waals surface area contributed by atoms with Crippen molar-refractivity contribution in [1.82, 2.24) is 0 Å². The van der Waals surface area contributed by atoms with Gasteiger partial charge < -0.3 is 14.8 Å². The normalized spacial score (nSPS) is 9.46. The third-order valence-electron chi connectivity index (χ3n) is 1.72. The average Bonchev–Trinajstić information content (AvgIpc) is 2.16. The van der Waals surface area contributed by atoms with E-state index >= 15 is 0 Å². The maximum absolute atomic E-state index is 8.93. The molecular formula is C9H11BO3. The van der Waals surface area contributed by atoms with E-state index in [1.807, 2.05) is 0 Å². The van der Waals surface area contributed by atoms with Gasteiger partial charge in [0, 0.05) is 0 Å². The lowest BCUT2D eigenvalue weighted by molar-refractivity contribution is 0.412. The van der Waals surface area contributed by atoms with Gasteiger partial charge >= 0.3 is 7.12 Å². The molecule has 0 atom stereocenters. The molecule has 0 saturated carbocycles. The van der Waals surface area contributed by atoms with Gasteiger partial charge in [0.25, 0.3) is 0 Å². The van der Waals surface area contributed by atoms with Crippen molar-refractivity contribution in [3.63, 3.8) is 0 Å². The van der Waals surface area contributed by atoms with E-state index in [0.717, 1.165) is 5.56 Å². The van der Waals surface area contributed by atoms with Gasteiger partial charge in [-0.1, -0.05) is 18.7 Å². The Hall–Kier alpha value is -1.26. The van der Waals surface area contributed by atoms with Crippen molar-refractivity contribution in [1.29, 1.82) is 0 Å². The molecule has 13 heavy (non-hydrogen) atoms. The highest BCUT2D eigenvalue weighted by molar-refractivity contribution is 6.58. The molecule has 1 rings (SSSR count). The van der Waals surface area contributed by atoms with Gasteiger partial charge in [0.1, 0.15) is 5.75 Å². The molecule has 1 aromatic carbocycles. The highest BCUT2D eigenvalue weighted by Gasteiger charge is 2.12. The van der Waals surface area contributed by atoms with Crippen LogP contribution in [0.5, 0.6) is 5.75 Å². The maximum atomic E-state index is 8.93. The van der Waals surface area contributed by atoms with E-state index in [0.29, 0.717) is 11.2 Å². The Morgan fingerprint density at radius 1 is 1.38 bits per heavy atom. The molecule has 0 aliphatic carbocycles. The van der Waals surface area contributed by atoms with E-state index in [1.165, 1.54) is 7.11 Å². The molecule has 2 N–H and O–H groups in total. The second-order valence-corrected chi connectivity index (χ2v) is 2.62. The predicted molar refractivity (Wildman–Crippen MR) is 52.9 cm³/mol. The number of ether oxygens (including phenoxy) is 1. The minimum Gasteiger partial charge on any atom is -0.497 e. The Morgan fingerprint density at radius 3 is 2.54 bits per heavy atom. The molecule has 0 aliphatic heterocycles. The first kappa shape index (κ1) is 9.83. The van der Waals surface area contributed by atoms with E-state index in [4.69, 9.17) is 14.8 Å². The van der Waals surface area contributed by atoms with Crippen LogP contribution in [0, 0.1) is 0 Å². The van der Waals surface area contributed by atoms with Crippen molar-refractivity contribution < 1.29 is 14.8 Å². The predicted octanol–water partition coefficient (Wildman–Crippen LogP) is 0.0180. The average molecular weight is 178 g/mol. The van der Waals surface area contributed by atoms with Crippen LogP contribution in [-0.4, -0.2) is 24.3 Å². The Morgan fingerprint density at radius 2 is 2.08 bits per heavy atom. The van der Waals surface area contributed by atoms with Crippen LogP contribution in [0.1, 0.15) is 5.56 Å². The minimum absolute atomic E-state index is 0.397. The van der Waals surface area contributed by atoms with Crippen LogP contribution < -0.4 is 10.2 Å². The van der Waals surface area contributed by atoms with E-state index < -0.39 is 7.12 Å². The van der Waals surface area contributed by atoms with Crippen LogP contribution in [0.15, 0.2) is 24.8 Å². The molecule has 0 bridgehead atoms. The van der Waals surface area contributed by atoms with E-state index in [2.05, 4.69) is 6.58 Å². The lowest BCUT2D eigenvalue weighted by Gasteiger charge is -2.05. The molecule has 0 aliphatic rings. The summed E-state index contributed by atoms with van der Waals surface area (Å²) in [6, 6.07) is 4.97. The molecular weight excluding hydrogens is 167 g/mol. The summed E-state index contributed by atoms with van der Waals surface area (Å²) in [6.45, 7) is 3.59. The van der Waals surface area contributed by atoms with Gasteiger partial charge in [-0.15, -0.1) is 0 Å². The second kappa shape index (κ2) is 4.12. The molecule has 0 aromatic heterocycles. The third-order valence-corrected chi connectivity index (χ3v) is 1.72. The van der Waals surface area contributed by atoms with E-state index in [1.54, 1.807) is 24.3 Å². The van der Waals surface area contributed by atoms with Crippen LogP contribution in [0.4, 0.5) is 0 Å². The summed E-state index contributed by atoms with van der Waals surface area (Å²) in [7, 11) is 0.0456. The van der Waals surface area contributed by atoms with Crippen molar-refractivity contribution in [2.24, 2.45) is 0 Å². The van der Waals surface area contributed by atoms with E-state index in [-0.39, 0.29) is 0 Å². The van der Waals surface area contributed by atoms with Gasteiger partial charge in [0.15, 0.2) is 0 Å². The first-order valence-electron chi connectivity index (χ1n) is 3.85. The number of methoxy groups -OCH3 is 1. The van der Waals surface area contributed by atoms with Gasteiger partial charge in [-0.2, -0.15) is 0 Å². The molecule has 0 saturated heterocycles. The van der Waals surface area contributed by atoms with Crippen molar-refractivity contribution in [2.45, 2.75) is 0 Å². The van der Waals surface area contributed by atoms with Gasteiger partial charge in [-0.25, -0.2) is 0 Å². The molecule has 68 valence electrons. The Labute approximate surface area is 77.4 Å². The molecule has 4 heteroatoms. The number of hydrogen-bond acceptors (Lipinski definition) is 3. The topological polar surface area (TPSA) is 49.7 Å². The van der Waals surface area contributed by atoms with Crippen molar-refractivity contribution in [3.05, 3.63) is 30.3 Å². The molecule has 0 amide bonds. The second-order valence-electron chi connectivity index (χ2n) is 2.62. The molecule has 0 unspecified atom stereocenters. The van der Waals surface area contributed by atoms with Crippen LogP contribution in [0.2, 0.25) is 0 Å². The lowest BCUT2D eigenvalue weighted by Crippen LogP contribution is -2.29. The third kappa shape index (κ3) is 2.34. The summed E-state index contributed by atoms with van der Waals surface area (Å²) in [6.07, 6.45) is 1.62. The lowest BCUT2D eigenvalue weighted by atomic mass is 9.79. The van der Waals surface area contributed by atoms with Gasteiger partial charge in [0.2, 0.25) is 0 Å². The van der Waals surface area contributed by atoms with Crippen LogP contribution in [-0.2, 0) is 0 Å². The van der Waals surface area contributed by atoms with E-state index in [9.17, 15) is 0 Å². The zero-order valence-electron chi connectivity index (χ0n) is 7.40. The number of benzene rings is 1. The minimum atomic E-state index is -1.48. The van der Waals surface area contributed by atoms with Crippen LogP contribution in [0.25, 0.3) is 6.08 Å². The first-order valence-corrected chi connectivity index (χ1v) is 3.85. The molecule has 0 radical (unpaired) electrons. The quantitative estimate of drug-likeness (QED) is 0.641. The Kier molecular flexibility index (Phi) is 3.11. The summed E-state index contributed by atoms with van der Waals surface area (Å²) in [5, 5.41) is 17.9. The SMILES string of the molecule is C=Cc1cc(OC)cc(B(O)O)c1. The molecule has 0 fully saturated rings. The summed E-state index contributed by atoms with van der Waals surface area (Å²) in [5.74, 6) is 0.584. The molecule has 0 spiro atoms. The smallest absolute Gasteiger partial charge is 0.488 e. The zero-order chi connectivity index (χ0) is 9.84. The number of hydrogen-bond donors (Lipinski definition) is 2. The molecule has 3 nitrogen and oxygen atoms in total. The monoisotopic (exact) mass is 178 g/mol. The largest absolute Gasteiger partial charge is 0.497 e. The first-order chi connectivity index (χ1) is 6.17. The fraction of sp³-hybridized carbons (Fsp3) is 0.111. The molecule has 0 heterocycles. The fourth-order valence-corrected chi connectivity index (χ4v) is 1.03. The van der Waals surface area contributed by atoms with Crippen molar-refractivity contribution >= 4 is 18.7 Å². The summed E-state index contributed by atoms with van der Waals surface area (Å²) in [4.78, 5) is 0. The van der Waals surface area contributed by atoms with Crippen LogP contribution >= 0.6 is 0 Å². The molecule has 1 aromatic rings. The summed E-state index contributed by atoms with van der Waals surface area (Å²) < 4.78 is 4.98. The maximum Gasteiger partial charge on any atom is 0.488 e. The van der Waals surface area contributed by atoms with Gasteiger partial charge in [-0.05, 0) is 23.2 Å². The van der Waals surface area contributed by atoms with Crippen molar-refractivity contribution in [3.8, 4) is 5.75 Å². The number of rotatable bonds is 3. The Bertz CT molecular complexity index is 310. The van der Waals surface area contributed by atoms with Gasteiger partial charge in [0.05, 0.1) is 7.11 Å². The van der Waals surface area contributed by atoms with Crippen molar-refractivity contribution in [2.75, 3.05) is 7.11 Å². The summed E-state index contributed by atoms with van der Waals surface area (Å²) in [5.41, 5.74) is 1.19. The van der Waals surface area contributed by atoms with Crippen LogP contribution in [0.3, 0.4) is 0 Å². The summed E-state index contributed by atoms with van der Waals surface area (Å²) >= 11 is 0. The van der Waals surface area contributed by atoms with Gasteiger partial charge in [-0.3, -0.25) is 0 Å².